The molecule has 0 bridgehead atoms. The summed E-state index contributed by atoms with van der Waals surface area (Å²) in [6.45, 7) is 4.29. The van der Waals surface area contributed by atoms with Crippen LogP contribution in [0.5, 0.6) is 5.75 Å². The number of phenols is 1. The average Bonchev–Trinajstić information content (AvgIpc) is 2.26. The highest BCUT2D eigenvalue weighted by Gasteiger charge is 2.20. The van der Waals surface area contributed by atoms with Gasteiger partial charge in [-0.25, -0.2) is 0 Å². The van der Waals surface area contributed by atoms with E-state index in [-0.39, 0.29) is 17.6 Å². The highest BCUT2D eigenvalue weighted by atomic mass is 16.3. The topological polar surface area (TPSA) is 66.6 Å². The Morgan fingerprint density at radius 1 is 1.47 bits per heavy atom. The van der Waals surface area contributed by atoms with Crippen LogP contribution in [0.3, 0.4) is 0 Å². The van der Waals surface area contributed by atoms with Gasteiger partial charge >= 0.3 is 0 Å². The van der Waals surface area contributed by atoms with Gasteiger partial charge in [0.15, 0.2) is 0 Å². The van der Waals surface area contributed by atoms with Crippen LogP contribution >= 0.6 is 0 Å². The van der Waals surface area contributed by atoms with E-state index in [0.717, 1.165) is 5.56 Å². The van der Waals surface area contributed by atoms with Crippen LogP contribution in [0.1, 0.15) is 19.4 Å². The van der Waals surface area contributed by atoms with Gasteiger partial charge in [0.2, 0.25) is 5.91 Å². The molecule has 0 heterocycles. The fraction of sp³-hybridized carbons (Fsp3) is 0.462. The molecule has 0 fully saturated rings. The highest BCUT2D eigenvalue weighted by Crippen LogP contribution is 2.13. The number of hydrogen-bond acceptors (Lipinski definition) is 3. The minimum atomic E-state index is -0.475. The van der Waals surface area contributed by atoms with Crippen molar-refractivity contribution in [2.24, 2.45) is 11.7 Å². The summed E-state index contributed by atoms with van der Waals surface area (Å²) in [6, 6.07) is 6.39. The number of nitrogens with zero attached hydrogens (tertiary/aromatic N) is 1. The van der Waals surface area contributed by atoms with Crippen molar-refractivity contribution < 1.29 is 9.90 Å². The van der Waals surface area contributed by atoms with E-state index in [1.165, 1.54) is 0 Å². The van der Waals surface area contributed by atoms with Gasteiger partial charge in [-0.05, 0) is 23.6 Å². The summed E-state index contributed by atoms with van der Waals surface area (Å²) in [5, 5.41) is 9.33. The van der Waals surface area contributed by atoms with Gasteiger partial charge in [0, 0.05) is 13.6 Å². The molecule has 4 heteroatoms. The molecule has 3 N–H and O–H groups in total. The molecule has 0 aromatic heterocycles. The number of rotatable bonds is 4. The van der Waals surface area contributed by atoms with Crippen molar-refractivity contribution in [1.82, 2.24) is 4.90 Å². The Kier molecular flexibility index (Phi) is 4.52. The van der Waals surface area contributed by atoms with E-state index in [1.54, 1.807) is 30.1 Å². The zero-order valence-electron chi connectivity index (χ0n) is 10.6. The molecule has 0 saturated heterocycles. The first-order valence-corrected chi connectivity index (χ1v) is 5.70. The smallest absolute Gasteiger partial charge is 0.239 e. The molecule has 1 amide bonds. The first kappa shape index (κ1) is 13.5. The van der Waals surface area contributed by atoms with Gasteiger partial charge in [-0.15, -0.1) is 0 Å². The summed E-state index contributed by atoms with van der Waals surface area (Å²) in [6.07, 6.45) is 0. The summed E-state index contributed by atoms with van der Waals surface area (Å²) >= 11 is 0. The molecule has 4 nitrogen and oxygen atoms in total. The highest BCUT2D eigenvalue weighted by molar-refractivity contribution is 5.81. The molecule has 1 aromatic rings. The van der Waals surface area contributed by atoms with Crippen LogP contribution in [0.4, 0.5) is 0 Å². The zero-order valence-corrected chi connectivity index (χ0v) is 10.6. The number of carbonyl (C=O) groups is 1. The van der Waals surface area contributed by atoms with Crippen LogP contribution in [0.2, 0.25) is 0 Å². The SMILES string of the molecule is CC(C)[C@@H](N)C(=O)N(C)Cc1cccc(O)c1. The molecule has 0 spiro atoms. The Morgan fingerprint density at radius 2 is 2.12 bits per heavy atom. The summed E-state index contributed by atoms with van der Waals surface area (Å²) < 4.78 is 0. The van der Waals surface area contributed by atoms with Crippen molar-refractivity contribution >= 4 is 5.91 Å². The van der Waals surface area contributed by atoms with Crippen molar-refractivity contribution in [1.29, 1.82) is 0 Å². The molecule has 1 aromatic carbocycles. The number of phenolic OH excluding ortho intramolecular Hbond substituents is 1. The van der Waals surface area contributed by atoms with Gasteiger partial charge in [-0.2, -0.15) is 0 Å². The second-order valence-corrected chi connectivity index (χ2v) is 4.63. The van der Waals surface area contributed by atoms with Crippen molar-refractivity contribution in [3.8, 4) is 5.75 Å². The Labute approximate surface area is 102 Å². The number of hydrogen-bond donors (Lipinski definition) is 2. The Balaban J connectivity index is 2.66. The Morgan fingerprint density at radius 3 is 2.65 bits per heavy atom. The average molecular weight is 236 g/mol. The van der Waals surface area contributed by atoms with Crippen LogP contribution in [0.15, 0.2) is 24.3 Å². The number of benzene rings is 1. The number of nitrogens with two attached hydrogens (primary N) is 1. The third kappa shape index (κ3) is 3.75. The lowest BCUT2D eigenvalue weighted by molar-refractivity contribution is -0.132. The molecule has 17 heavy (non-hydrogen) atoms. The molecule has 0 aliphatic carbocycles. The van der Waals surface area contributed by atoms with E-state index >= 15 is 0 Å². The summed E-state index contributed by atoms with van der Waals surface area (Å²) in [5.41, 5.74) is 6.69. The maximum absolute atomic E-state index is 11.9. The monoisotopic (exact) mass is 236 g/mol. The molecule has 1 atom stereocenters. The van der Waals surface area contributed by atoms with Gasteiger partial charge in [0.1, 0.15) is 5.75 Å². The zero-order chi connectivity index (χ0) is 13.0. The third-order valence-corrected chi connectivity index (χ3v) is 2.71. The second kappa shape index (κ2) is 5.68. The number of amides is 1. The first-order chi connectivity index (χ1) is 7.91. The number of likely N-dealkylation sites (N-methyl/N-ethyl adjacent to an activating group) is 1. The second-order valence-electron chi connectivity index (χ2n) is 4.63. The van der Waals surface area contributed by atoms with Crippen LogP contribution in [0.25, 0.3) is 0 Å². The van der Waals surface area contributed by atoms with Crippen LogP contribution in [-0.4, -0.2) is 29.0 Å². The first-order valence-electron chi connectivity index (χ1n) is 5.70. The van der Waals surface area contributed by atoms with Crippen molar-refractivity contribution in [3.05, 3.63) is 29.8 Å². The predicted molar refractivity (Wildman–Crippen MR) is 67.4 cm³/mol. The Bertz CT molecular complexity index is 391. The standard InChI is InChI=1S/C13H20N2O2/c1-9(2)12(14)13(17)15(3)8-10-5-4-6-11(16)7-10/h4-7,9,12,16H,8,14H2,1-3H3/t12-/m1/s1. The molecular formula is C13H20N2O2. The molecule has 1 rings (SSSR count). The quantitative estimate of drug-likeness (QED) is 0.829. The van der Waals surface area contributed by atoms with Crippen LogP contribution in [-0.2, 0) is 11.3 Å². The number of carbonyl (C=O) groups excluding carboxylic acids is 1. The van der Waals surface area contributed by atoms with E-state index in [0.29, 0.717) is 6.54 Å². The fourth-order valence-electron chi connectivity index (χ4n) is 1.55. The van der Waals surface area contributed by atoms with Crippen LogP contribution < -0.4 is 5.73 Å². The van der Waals surface area contributed by atoms with Crippen molar-refractivity contribution in [2.75, 3.05) is 7.05 Å². The molecule has 0 radical (unpaired) electrons. The lowest BCUT2D eigenvalue weighted by Crippen LogP contribution is -2.44. The number of aromatic hydroxyl groups is 1. The lowest BCUT2D eigenvalue weighted by atomic mass is 10.0. The van der Waals surface area contributed by atoms with Crippen molar-refractivity contribution in [2.45, 2.75) is 26.4 Å². The lowest BCUT2D eigenvalue weighted by Gasteiger charge is -2.23. The maximum Gasteiger partial charge on any atom is 0.239 e. The van der Waals surface area contributed by atoms with Crippen molar-refractivity contribution in [3.63, 3.8) is 0 Å². The van der Waals surface area contributed by atoms with Gasteiger partial charge in [-0.3, -0.25) is 4.79 Å². The van der Waals surface area contributed by atoms with Gasteiger partial charge in [0.05, 0.1) is 6.04 Å². The van der Waals surface area contributed by atoms with E-state index < -0.39 is 6.04 Å². The summed E-state index contributed by atoms with van der Waals surface area (Å²) in [5.74, 6) is 0.244. The van der Waals surface area contributed by atoms with E-state index in [1.807, 2.05) is 19.9 Å². The van der Waals surface area contributed by atoms with Crippen LogP contribution in [0, 0.1) is 5.92 Å². The predicted octanol–water partition coefficient (Wildman–Crippen LogP) is 1.33. The minimum Gasteiger partial charge on any atom is -0.508 e. The normalized spacial score (nSPS) is 12.5. The molecule has 0 aliphatic heterocycles. The summed E-state index contributed by atoms with van der Waals surface area (Å²) in [7, 11) is 1.72. The van der Waals surface area contributed by atoms with E-state index in [2.05, 4.69) is 0 Å². The molecule has 0 unspecified atom stereocenters. The fourth-order valence-corrected chi connectivity index (χ4v) is 1.55. The van der Waals surface area contributed by atoms with E-state index in [9.17, 15) is 9.90 Å². The van der Waals surface area contributed by atoms with Gasteiger partial charge in [0.25, 0.3) is 0 Å². The van der Waals surface area contributed by atoms with Gasteiger partial charge in [-0.1, -0.05) is 26.0 Å². The molecular weight excluding hydrogens is 216 g/mol. The van der Waals surface area contributed by atoms with E-state index in [4.69, 9.17) is 5.73 Å². The minimum absolute atomic E-state index is 0.0802. The maximum atomic E-state index is 11.9. The Hall–Kier alpha value is -1.55. The molecule has 0 aliphatic rings. The van der Waals surface area contributed by atoms with Gasteiger partial charge < -0.3 is 15.7 Å². The largest absolute Gasteiger partial charge is 0.508 e. The third-order valence-electron chi connectivity index (χ3n) is 2.71. The molecule has 0 saturated carbocycles. The summed E-state index contributed by atoms with van der Waals surface area (Å²) in [4.78, 5) is 13.5. The molecule has 94 valence electrons.